The van der Waals surface area contributed by atoms with Crippen LogP contribution < -0.4 is 5.32 Å². The molecule has 0 spiro atoms. The van der Waals surface area contributed by atoms with Crippen molar-refractivity contribution in [2.45, 2.75) is 38.0 Å². The Balaban J connectivity index is 1.86. The molecule has 1 aromatic rings. The first kappa shape index (κ1) is 19.0. The maximum absolute atomic E-state index is 12.1. The summed E-state index contributed by atoms with van der Waals surface area (Å²) in [5.41, 5.74) is 0.335. The SMILES string of the molecule is CCN(CC(=O)O)C1CC(NC(=O)C(O)c2cc(Cl)cc(Cl)c2)C1. The molecule has 0 saturated heterocycles. The predicted octanol–water partition coefficient (Wildman–Crippen LogP) is 2.08. The Hall–Kier alpha value is -1.34. The van der Waals surface area contributed by atoms with Gasteiger partial charge in [-0.3, -0.25) is 14.5 Å². The first-order valence-electron chi connectivity index (χ1n) is 7.70. The minimum absolute atomic E-state index is 0.00846. The Labute approximate surface area is 150 Å². The van der Waals surface area contributed by atoms with E-state index in [1.54, 1.807) is 0 Å². The molecule has 1 fully saturated rings. The van der Waals surface area contributed by atoms with Crippen molar-refractivity contribution in [3.63, 3.8) is 0 Å². The zero-order chi connectivity index (χ0) is 17.9. The van der Waals surface area contributed by atoms with Crippen molar-refractivity contribution < 1.29 is 19.8 Å². The molecule has 0 radical (unpaired) electrons. The lowest BCUT2D eigenvalue weighted by atomic mass is 9.85. The van der Waals surface area contributed by atoms with Crippen LogP contribution in [0, 0.1) is 0 Å². The maximum Gasteiger partial charge on any atom is 0.317 e. The number of carboxylic acids is 1. The lowest BCUT2D eigenvalue weighted by Crippen LogP contribution is -2.55. The van der Waals surface area contributed by atoms with Crippen LogP contribution in [-0.2, 0) is 9.59 Å². The molecule has 8 heteroatoms. The number of carbonyl (C=O) groups is 2. The average molecular weight is 375 g/mol. The Morgan fingerprint density at radius 2 is 1.88 bits per heavy atom. The number of carboxylic acid groups (broad SMARTS) is 1. The van der Waals surface area contributed by atoms with Gasteiger partial charge < -0.3 is 15.5 Å². The van der Waals surface area contributed by atoms with Crippen LogP contribution in [0.15, 0.2) is 18.2 Å². The number of aliphatic carboxylic acids is 1. The van der Waals surface area contributed by atoms with E-state index in [-0.39, 0.29) is 18.6 Å². The fourth-order valence-electron chi connectivity index (χ4n) is 2.84. The quantitative estimate of drug-likeness (QED) is 0.679. The number of likely N-dealkylation sites (N-methyl/N-ethyl adjacent to an activating group) is 1. The molecule has 2 rings (SSSR count). The fourth-order valence-corrected chi connectivity index (χ4v) is 3.38. The van der Waals surface area contributed by atoms with Crippen LogP contribution in [0.2, 0.25) is 10.0 Å². The number of aliphatic hydroxyl groups is 1. The van der Waals surface area contributed by atoms with Gasteiger partial charge in [-0.2, -0.15) is 0 Å². The molecule has 0 bridgehead atoms. The van der Waals surface area contributed by atoms with Gasteiger partial charge in [0, 0.05) is 22.1 Å². The van der Waals surface area contributed by atoms with Gasteiger partial charge in [0.15, 0.2) is 6.10 Å². The topological polar surface area (TPSA) is 89.9 Å². The molecule has 1 aliphatic rings. The van der Waals surface area contributed by atoms with Crippen molar-refractivity contribution in [3.05, 3.63) is 33.8 Å². The molecule has 132 valence electrons. The molecular formula is C16H20Cl2N2O4. The third kappa shape index (κ3) is 4.83. The molecule has 0 heterocycles. The van der Waals surface area contributed by atoms with Crippen LogP contribution in [0.4, 0.5) is 0 Å². The summed E-state index contributed by atoms with van der Waals surface area (Å²) in [6.07, 6.45) is -0.0206. The summed E-state index contributed by atoms with van der Waals surface area (Å²) in [7, 11) is 0. The second kappa shape index (κ2) is 8.16. The number of carbonyl (C=O) groups excluding carboxylic acids is 1. The van der Waals surface area contributed by atoms with E-state index in [1.165, 1.54) is 18.2 Å². The van der Waals surface area contributed by atoms with E-state index in [9.17, 15) is 14.7 Å². The molecule has 1 aromatic carbocycles. The highest BCUT2D eigenvalue weighted by molar-refractivity contribution is 6.34. The Morgan fingerprint density at radius 1 is 1.29 bits per heavy atom. The van der Waals surface area contributed by atoms with Gasteiger partial charge in [0.1, 0.15) is 0 Å². The Morgan fingerprint density at radius 3 is 2.38 bits per heavy atom. The first-order chi connectivity index (χ1) is 11.3. The largest absolute Gasteiger partial charge is 0.480 e. The van der Waals surface area contributed by atoms with Gasteiger partial charge >= 0.3 is 5.97 Å². The number of nitrogens with zero attached hydrogens (tertiary/aromatic N) is 1. The standard InChI is InChI=1S/C16H20Cl2N2O4/c1-2-20(8-14(21)22)13-6-12(7-13)19-16(24)15(23)9-3-10(17)5-11(18)4-9/h3-5,12-13,15,23H,2,6-8H2,1H3,(H,19,24)(H,21,22). The third-order valence-electron chi connectivity index (χ3n) is 4.17. The van der Waals surface area contributed by atoms with Gasteiger partial charge in [0.2, 0.25) is 0 Å². The molecule has 0 aliphatic heterocycles. The van der Waals surface area contributed by atoms with Crippen LogP contribution >= 0.6 is 23.2 Å². The van der Waals surface area contributed by atoms with Gasteiger partial charge in [-0.05, 0) is 43.1 Å². The fraction of sp³-hybridized carbons (Fsp3) is 0.500. The normalized spacial score (nSPS) is 21.2. The zero-order valence-electron chi connectivity index (χ0n) is 13.2. The highest BCUT2D eigenvalue weighted by Gasteiger charge is 2.35. The molecule has 24 heavy (non-hydrogen) atoms. The van der Waals surface area contributed by atoms with Gasteiger partial charge in [0.05, 0.1) is 6.54 Å². The summed E-state index contributed by atoms with van der Waals surface area (Å²) in [6.45, 7) is 2.54. The van der Waals surface area contributed by atoms with Crippen molar-refractivity contribution in [2.24, 2.45) is 0 Å². The van der Waals surface area contributed by atoms with E-state index in [1.807, 2.05) is 11.8 Å². The van der Waals surface area contributed by atoms with Crippen LogP contribution in [0.25, 0.3) is 0 Å². The zero-order valence-corrected chi connectivity index (χ0v) is 14.7. The number of nitrogens with one attached hydrogen (secondary N) is 1. The molecule has 1 amide bonds. The van der Waals surface area contributed by atoms with Crippen molar-refractivity contribution in [1.29, 1.82) is 0 Å². The number of hydrogen-bond acceptors (Lipinski definition) is 4. The number of benzene rings is 1. The molecule has 1 saturated carbocycles. The molecule has 1 unspecified atom stereocenters. The average Bonchev–Trinajstić information content (AvgIpc) is 2.46. The van der Waals surface area contributed by atoms with Crippen molar-refractivity contribution >= 4 is 35.1 Å². The van der Waals surface area contributed by atoms with E-state index in [0.717, 1.165) is 0 Å². The molecule has 1 aliphatic carbocycles. The monoisotopic (exact) mass is 374 g/mol. The van der Waals surface area contributed by atoms with Crippen molar-refractivity contribution in [3.8, 4) is 0 Å². The summed E-state index contributed by atoms with van der Waals surface area (Å²) in [4.78, 5) is 24.8. The summed E-state index contributed by atoms with van der Waals surface area (Å²) in [5, 5.41) is 22.5. The summed E-state index contributed by atoms with van der Waals surface area (Å²) < 4.78 is 0. The summed E-state index contributed by atoms with van der Waals surface area (Å²) in [6, 6.07) is 4.57. The van der Waals surface area contributed by atoms with Gasteiger partial charge in [0.25, 0.3) is 5.91 Å². The predicted molar refractivity (Wildman–Crippen MR) is 91.3 cm³/mol. The van der Waals surface area contributed by atoms with E-state index >= 15 is 0 Å². The maximum atomic E-state index is 12.1. The molecule has 3 N–H and O–H groups in total. The van der Waals surface area contributed by atoms with Gasteiger partial charge in [-0.1, -0.05) is 30.1 Å². The lowest BCUT2D eigenvalue weighted by molar-refractivity contribution is -0.140. The third-order valence-corrected chi connectivity index (χ3v) is 4.61. The number of halogens is 2. The number of aliphatic hydroxyl groups excluding tert-OH is 1. The van der Waals surface area contributed by atoms with Crippen molar-refractivity contribution in [2.75, 3.05) is 13.1 Å². The summed E-state index contributed by atoms with van der Waals surface area (Å²) in [5.74, 6) is -1.38. The van der Waals surface area contributed by atoms with E-state index < -0.39 is 18.0 Å². The van der Waals surface area contributed by atoms with Crippen LogP contribution in [0.3, 0.4) is 0 Å². The van der Waals surface area contributed by atoms with Crippen molar-refractivity contribution in [1.82, 2.24) is 10.2 Å². The number of hydrogen-bond donors (Lipinski definition) is 3. The molecule has 1 atom stereocenters. The Bertz CT molecular complexity index is 600. The van der Waals surface area contributed by atoms with Crippen LogP contribution in [-0.4, -0.2) is 52.2 Å². The molecule has 0 aromatic heterocycles. The molecular weight excluding hydrogens is 355 g/mol. The molecule has 6 nitrogen and oxygen atoms in total. The highest BCUT2D eigenvalue weighted by Crippen LogP contribution is 2.27. The number of rotatable bonds is 7. The first-order valence-corrected chi connectivity index (χ1v) is 8.46. The van der Waals surface area contributed by atoms with E-state index in [0.29, 0.717) is 35.0 Å². The minimum Gasteiger partial charge on any atom is -0.480 e. The highest BCUT2D eigenvalue weighted by atomic mass is 35.5. The minimum atomic E-state index is -1.35. The van der Waals surface area contributed by atoms with Gasteiger partial charge in [-0.25, -0.2) is 0 Å². The number of amides is 1. The Kier molecular flexibility index (Phi) is 6.46. The second-order valence-electron chi connectivity index (χ2n) is 5.89. The smallest absolute Gasteiger partial charge is 0.317 e. The van der Waals surface area contributed by atoms with E-state index in [4.69, 9.17) is 28.3 Å². The van der Waals surface area contributed by atoms with E-state index in [2.05, 4.69) is 5.32 Å². The van der Waals surface area contributed by atoms with Gasteiger partial charge in [-0.15, -0.1) is 0 Å². The second-order valence-corrected chi connectivity index (χ2v) is 6.77. The summed E-state index contributed by atoms with van der Waals surface area (Å²) >= 11 is 11.7. The van der Waals surface area contributed by atoms with Crippen LogP contribution in [0.5, 0.6) is 0 Å². The lowest BCUT2D eigenvalue weighted by Gasteiger charge is -2.42. The van der Waals surface area contributed by atoms with Crippen LogP contribution in [0.1, 0.15) is 31.4 Å².